The lowest BCUT2D eigenvalue weighted by Crippen LogP contribution is -2.43. The third-order valence-electron chi connectivity index (χ3n) is 6.02. The van der Waals surface area contributed by atoms with Crippen molar-refractivity contribution in [3.63, 3.8) is 0 Å². The number of rotatable bonds is 6. The molecule has 1 aliphatic rings. The zero-order valence-electron chi connectivity index (χ0n) is 18.0. The molecule has 7 nitrogen and oxygen atoms in total. The second kappa shape index (κ2) is 8.43. The molecule has 1 heterocycles. The van der Waals surface area contributed by atoms with Gasteiger partial charge in [0.05, 0.1) is 11.0 Å². The lowest BCUT2D eigenvalue weighted by molar-refractivity contribution is -0.139. The molecule has 1 aromatic heterocycles. The molecule has 4 aromatic rings. The number of hydrogen-bond acceptors (Lipinski definition) is 4. The van der Waals surface area contributed by atoms with Crippen LogP contribution in [0.4, 0.5) is 4.79 Å². The fourth-order valence-corrected chi connectivity index (χ4v) is 4.45. The SMILES string of the molecule is Cc1ccc2nc(CC(NC(=O)OCC3c4ccccc4-c4ccccc43)C(=O)O)[nH]c2c1. The van der Waals surface area contributed by atoms with Crippen LogP contribution in [-0.4, -0.2) is 39.8 Å². The monoisotopic (exact) mass is 441 g/mol. The fraction of sp³-hybridized carbons (Fsp3) is 0.192. The lowest BCUT2D eigenvalue weighted by atomic mass is 9.98. The summed E-state index contributed by atoms with van der Waals surface area (Å²) in [6.45, 7) is 2.09. The Bertz CT molecular complexity index is 1320. The molecule has 1 unspecified atom stereocenters. The molecular formula is C26H23N3O4. The average Bonchev–Trinajstić information content (AvgIpc) is 3.35. The number of nitrogens with zero attached hydrogens (tertiary/aromatic N) is 1. The summed E-state index contributed by atoms with van der Waals surface area (Å²) < 4.78 is 5.49. The van der Waals surface area contributed by atoms with Gasteiger partial charge in [0, 0.05) is 12.3 Å². The smallest absolute Gasteiger partial charge is 0.407 e. The molecule has 3 aromatic carbocycles. The van der Waals surface area contributed by atoms with E-state index < -0.39 is 18.1 Å². The van der Waals surface area contributed by atoms with Crippen LogP contribution in [-0.2, 0) is 16.0 Å². The Kier molecular flexibility index (Phi) is 5.30. The summed E-state index contributed by atoms with van der Waals surface area (Å²) in [7, 11) is 0. The van der Waals surface area contributed by atoms with Gasteiger partial charge in [-0.2, -0.15) is 0 Å². The number of aryl methyl sites for hydroxylation is 1. The van der Waals surface area contributed by atoms with Crippen molar-refractivity contribution in [1.82, 2.24) is 15.3 Å². The number of benzene rings is 3. The molecule has 0 fully saturated rings. The zero-order chi connectivity index (χ0) is 22.9. The minimum Gasteiger partial charge on any atom is -0.480 e. The van der Waals surface area contributed by atoms with Gasteiger partial charge in [0.25, 0.3) is 0 Å². The number of H-pyrrole nitrogens is 1. The summed E-state index contributed by atoms with van der Waals surface area (Å²) >= 11 is 0. The number of ether oxygens (including phenoxy) is 1. The van der Waals surface area contributed by atoms with Crippen LogP contribution >= 0.6 is 0 Å². The van der Waals surface area contributed by atoms with Crippen molar-refractivity contribution in [2.24, 2.45) is 0 Å². The zero-order valence-corrected chi connectivity index (χ0v) is 18.0. The van der Waals surface area contributed by atoms with Crippen molar-refractivity contribution < 1.29 is 19.4 Å². The molecule has 5 rings (SSSR count). The van der Waals surface area contributed by atoms with E-state index in [9.17, 15) is 14.7 Å². The van der Waals surface area contributed by atoms with Gasteiger partial charge in [0.1, 0.15) is 18.5 Å². The summed E-state index contributed by atoms with van der Waals surface area (Å²) in [4.78, 5) is 31.9. The van der Waals surface area contributed by atoms with E-state index >= 15 is 0 Å². The van der Waals surface area contributed by atoms with Crippen LogP contribution in [0.5, 0.6) is 0 Å². The van der Waals surface area contributed by atoms with Crippen LogP contribution < -0.4 is 5.32 Å². The summed E-state index contributed by atoms with van der Waals surface area (Å²) in [5.74, 6) is -0.757. The molecule has 1 amide bonds. The predicted octanol–water partition coefficient (Wildman–Crippen LogP) is 4.41. The largest absolute Gasteiger partial charge is 0.480 e. The van der Waals surface area contributed by atoms with Gasteiger partial charge < -0.3 is 20.1 Å². The number of carbonyl (C=O) groups excluding carboxylic acids is 1. The van der Waals surface area contributed by atoms with Crippen LogP contribution in [0.2, 0.25) is 0 Å². The molecule has 7 heteroatoms. The molecule has 166 valence electrons. The van der Waals surface area contributed by atoms with E-state index in [1.165, 1.54) is 0 Å². The number of fused-ring (bicyclic) bond motifs is 4. The van der Waals surface area contributed by atoms with Gasteiger partial charge in [-0.15, -0.1) is 0 Å². The Morgan fingerprint density at radius 2 is 1.73 bits per heavy atom. The normalized spacial score (nSPS) is 13.4. The van der Waals surface area contributed by atoms with Crippen molar-refractivity contribution in [1.29, 1.82) is 0 Å². The maximum absolute atomic E-state index is 12.5. The second-order valence-electron chi connectivity index (χ2n) is 8.27. The first-order valence-electron chi connectivity index (χ1n) is 10.8. The molecule has 0 aliphatic heterocycles. The number of aromatic amines is 1. The highest BCUT2D eigenvalue weighted by molar-refractivity contribution is 5.81. The van der Waals surface area contributed by atoms with Crippen LogP contribution in [0.15, 0.2) is 66.7 Å². The van der Waals surface area contributed by atoms with Gasteiger partial charge in [-0.05, 0) is 46.9 Å². The number of nitrogens with one attached hydrogen (secondary N) is 2. The molecule has 1 aliphatic carbocycles. The number of carbonyl (C=O) groups is 2. The van der Waals surface area contributed by atoms with Gasteiger partial charge in [-0.25, -0.2) is 14.6 Å². The number of aromatic nitrogens is 2. The Hall–Kier alpha value is -4.13. The van der Waals surface area contributed by atoms with E-state index in [4.69, 9.17) is 4.74 Å². The first-order chi connectivity index (χ1) is 16.0. The molecule has 33 heavy (non-hydrogen) atoms. The molecular weight excluding hydrogens is 418 g/mol. The highest BCUT2D eigenvalue weighted by atomic mass is 16.5. The highest BCUT2D eigenvalue weighted by Gasteiger charge is 2.30. The van der Waals surface area contributed by atoms with Crippen molar-refractivity contribution in [2.75, 3.05) is 6.61 Å². The summed E-state index contributed by atoms with van der Waals surface area (Å²) in [5, 5.41) is 12.1. The van der Waals surface area contributed by atoms with Gasteiger partial charge in [-0.1, -0.05) is 54.6 Å². The summed E-state index contributed by atoms with van der Waals surface area (Å²) in [6.07, 6.45) is -0.746. The first-order valence-corrected chi connectivity index (χ1v) is 10.8. The Labute approximate surface area is 190 Å². The van der Waals surface area contributed by atoms with Crippen LogP contribution in [0.3, 0.4) is 0 Å². The first kappa shape index (κ1) is 20.8. The minimum absolute atomic E-state index is 0.0211. The molecule has 0 saturated heterocycles. The molecule has 0 bridgehead atoms. The predicted molar refractivity (Wildman–Crippen MR) is 124 cm³/mol. The van der Waals surface area contributed by atoms with Crippen molar-refractivity contribution in [3.8, 4) is 11.1 Å². The third-order valence-corrected chi connectivity index (χ3v) is 6.02. The highest BCUT2D eigenvalue weighted by Crippen LogP contribution is 2.44. The number of carboxylic acid groups (broad SMARTS) is 1. The Morgan fingerprint density at radius 1 is 1.06 bits per heavy atom. The van der Waals surface area contributed by atoms with Gasteiger partial charge >= 0.3 is 12.1 Å². The lowest BCUT2D eigenvalue weighted by Gasteiger charge is -2.17. The molecule has 0 radical (unpaired) electrons. The quantitative estimate of drug-likeness (QED) is 0.411. The van der Waals surface area contributed by atoms with E-state index in [2.05, 4.69) is 27.4 Å². The van der Waals surface area contributed by atoms with Crippen LogP contribution in [0.25, 0.3) is 22.2 Å². The van der Waals surface area contributed by atoms with Crippen molar-refractivity contribution in [2.45, 2.75) is 25.3 Å². The van der Waals surface area contributed by atoms with E-state index in [0.717, 1.165) is 38.9 Å². The number of amides is 1. The number of imidazole rings is 1. The molecule has 0 spiro atoms. The summed E-state index contributed by atoms with van der Waals surface area (Å²) in [6, 6.07) is 20.7. The second-order valence-corrected chi connectivity index (χ2v) is 8.27. The maximum atomic E-state index is 12.5. The molecule has 1 atom stereocenters. The molecule has 3 N–H and O–H groups in total. The fourth-order valence-electron chi connectivity index (χ4n) is 4.45. The number of aliphatic carboxylic acids is 1. The van der Waals surface area contributed by atoms with Gasteiger partial charge in [0.2, 0.25) is 0 Å². The Balaban J connectivity index is 1.27. The topological polar surface area (TPSA) is 104 Å². The average molecular weight is 441 g/mol. The minimum atomic E-state index is -1.16. The van der Waals surface area contributed by atoms with Gasteiger partial charge in [0.15, 0.2) is 0 Å². The Morgan fingerprint density at radius 3 is 2.39 bits per heavy atom. The van der Waals surface area contributed by atoms with Crippen LogP contribution in [0, 0.1) is 6.92 Å². The van der Waals surface area contributed by atoms with Crippen molar-refractivity contribution in [3.05, 3.63) is 89.2 Å². The summed E-state index contributed by atoms with van der Waals surface area (Å²) in [5.41, 5.74) is 7.11. The van der Waals surface area contributed by atoms with E-state index in [1.807, 2.05) is 61.5 Å². The number of alkyl carbamates (subject to hydrolysis) is 1. The van der Waals surface area contributed by atoms with Crippen molar-refractivity contribution >= 4 is 23.1 Å². The van der Waals surface area contributed by atoms with Gasteiger partial charge in [-0.3, -0.25) is 0 Å². The number of hydrogen-bond donors (Lipinski definition) is 3. The standard InChI is InChI=1S/C26H23N3O4/c1-15-10-11-21-22(12-15)28-24(27-21)13-23(25(30)31)29-26(32)33-14-20-18-8-4-2-6-16(18)17-7-3-5-9-19(17)20/h2-12,20,23H,13-14H2,1H3,(H,27,28)(H,29,32)(H,30,31). The maximum Gasteiger partial charge on any atom is 0.407 e. The van der Waals surface area contributed by atoms with E-state index in [0.29, 0.717) is 5.82 Å². The van der Waals surface area contributed by atoms with Crippen LogP contribution in [0.1, 0.15) is 28.4 Å². The number of carboxylic acids is 1. The molecule has 0 saturated carbocycles. The van der Waals surface area contributed by atoms with E-state index in [1.54, 1.807) is 0 Å². The van der Waals surface area contributed by atoms with E-state index in [-0.39, 0.29) is 18.9 Å². The third kappa shape index (κ3) is 4.05.